The number of nitro groups is 1. The molecule has 0 aliphatic heterocycles. The van der Waals surface area contributed by atoms with Gasteiger partial charge >= 0.3 is 0 Å². The lowest BCUT2D eigenvalue weighted by Gasteiger charge is -2.16. The molecule has 0 spiro atoms. The molecule has 0 atom stereocenters. The Morgan fingerprint density at radius 2 is 1.79 bits per heavy atom. The molecule has 3 aromatic rings. The smallest absolute Gasteiger partial charge is 0.269 e. The van der Waals surface area contributed by atoms with E-state index in [-0.39, 0.29) is 23.5 Å². The minimum absolute atomic E-state index is 0. The van der Waals surface area contributed by atoms with Crippen LogP contribution in [0.4, 0.5) is 5.69 Å². The van der Waals surface area contributed by atoms with Crippen molar-refractivity contribution in [2.75, 3.05) is 21.2 Å². The maximum absolute atomic E-state index is 12.9. The van der Waals surface area contributed by atoms with Crippen molar-refractivity contribution in [3.05, 3.63) is 67.9 Å². The quantitative estimate of drug-likeness (QED) is 0.468. The van der Waals surface area contributed by atoms with Crippen LogP contribution in [0, 0.1) is 17.0 Å². The number of halogens is 1. The number of nitrogens with zero attached hydrogens (tertiary/aromatic N) is 2. The van der Waals surface area contributed by atoms with E-state index >= 15 is 0 Å². The molecule has 0 N–H and O–H groups in total. The first kappa shape index (κ1) is 21.4. The number of rotatable bonds is 5. The van der Waals surface area contributed by atoms with Gasteiger partial charge in [-0.15, -0.1) is 12.4 Å². The van der Waals surface area contributed by atoms with E-state index < -0.39 is 4.92 Å². The van der Waals surface area contributed by atoms with Crippen LogP contribution in [0.3, 0.4) is 0 Å². The van der Waals surface area contributed by atoms with Gasteiger partial charge in [-0.25, -0.2) is 0 Å². The zero-order valence-corrected chi connectivity index (χ0v) is 16.8. The molecule has 148 valence electrons. The number of fused-ring (bicyclic) bond motifs is 1. The van der Waals surface area contributed by atoms with Gasteiger partial charge in [-0.05, 0) is 45.3 Å². The van der Waals surface area contributed by atoms with E-state index in [2.05, 4.69) is 0 Å². The van der Waals surface area contributed by atoms with Gasteiger partial charge in [-0.2, -0.15) is 0 Å². The third-order valence-corrected chi connectivity index (χ3v) is 4.38. The van der Waals surface area contributed by atoms with E-state index in [9.17, 15) is 14.9 Å². The fourth-order valence-electron chi connectivity index (χ4n) is 3.06. The van der Waals surface area contributed by atoms with E-state index in [1.807, 2.05) is 19.0 Å². The first-order chi connectivity index (χ1) is 12.8. The number of non-ortho nitro benzene ring substituents is 1. The summed E-state index contributed by atoms with van der Waals surface area (Å²) in [6, 6.07) is 9.42. The Morgan fingerprint density at radius 3 is 2.32 bits per heavy atom. The molecule has 0 aliphatic carbocycles. The summed E-state index contributed by atoms with van der Waals surface area (Å²) in [7, 11) is 5.41. The van der Waals surface area contributed by atoms with Gasteiger partial charge in [-0.1, -0.05) is 0 Å². The predicted molar refractivity (Wildman–Crippen MR) is 111 cm³/mol. The number of ether oxygens (including phenoxy) is 1. The van der Waals surface area contributed by atoms with E-state index in [1.165, 1.54) is 12.1 Å². The molecule has 0 fully saturated rings. The number of hydrogen-bond acceptors (Lipinski definition) is 6. The number of hydrogen-bond donors (Lipinski definition) is 0. The minimum Gasteiger partial charge on any atom is -0.496 e. The van der Waals surface area contributed by atoms with Crippen LogP contribution in [0.2, 0.25) is 0 Å². The number of nitro benzene ring substituents is 1. The van der Waals surface area contributed by atoms with Crippen LogP contribution in [-0.4, -0.2) is 31.0 Å². The van der Waals surface area contributed by atoms with Gasteiger partial charge < -0.3 is 14.1 Å². The molecule has 0 amide bonds. The van der Waals surface area contributed by atoms with E-state index in [1.54, 1.807) is 38.3 Å². The molecular weight excluding hydrogens is 384 g/mol. The maximum atomic E-state index is 12.9. The van der Waals surface area contributed by atoms with Gasteiger partial charge in [0.05, 0.1) is 23.0 Å². The van der Waals surface area contributed by atoms with Crippen LogP contribution >= 0.6 is 12.4 Å². The van der Waals surface area contributed by atoms with Crippen LogP contribution in [0.15, 0.2) is 45.6 Å². The Balaban J connectivity index is 0.00000280. The maximum Gasteiger partial charge on any atom is 0.269 e. The minimum atomic E-state index is -0.465. The van der Waals surface area contributed by atoms with Crippen molar-refractivity contribution in [1.29, 1.82) is 0 Å². The van der Waals surface area contributed by atoms with Crippen molar-refractivity contribution in [1.82, 2.24) is 4.90 Å². The lowest BCUT2D eigenvalue weighted by Crippen LogP contribution is -2.14. The highest BCUT2D eigenvalue weighted by atomic mass is 35.5. The van der Waals surface area contributed by atoms with Crippen molar-refractivity contribution in [2.45, 2.75) is 13.5 Å². The normalized spacial score (nSPS) is 10.8. The largest absolute Gasteiger partial charge is 0.496 e. The summed E-state index contributed by atoms with van der Waals surface area (Å²) in [6.45, 7) is 2.23. The SMILES string of the molecule is COc1ccc2c(=O)c(C)c(-c3ccc([N+](=O)[O-])cc3)oc2c1CN(C)C.Cl. The summed E-state index contributed by atoms with van der Waals surface area (Å²) in [5, 5.41) is 11.4. The van der Waals surface area contributed by atoms with Gasteiger partial charge in [0.1, 0.15) is 17.1 Å². The molecular formula is C20H21ClN2O5. The summed E-state index contributed by atoms with van der Waals surface area (Å²) in [6.07, 6.45) is 0. The topological polar surface area (TPSA) is 85.8 Å². The molecule has 7 nitrogen and oxygen atoms in total. The molecule has 8 heteroatoms. The van der Waals surface area contributed by atoms with Crippen LogP contribution in [0.1, 0.15) is 11.1 Å². The average molecular weight is 405 g/mol. The van der Waals surface area contributed by atoms with E-state index in [0.717, 1.165) is 5.56 Å². The standard InChI is InChI=1S/C20H20N2O5.ClH/c1-12-18(23)15-9-10-17(26-4)16(11-21(2)3)20(15)27-19(12)13-5-7-14(8-6-13)22(24)25;/h5-10H,11H2,1-4H3;1H. The van der Waals surface area contributed by atoms with Gasteiger partial charge in [0.2, 0.25) is 0 Å². The Kier molecular flexibility index (Phi) is 6.43. The first-order valence-corrected chi connectivity index (χ1v) is 8.36. The molecule has 0 saturated heterocycles. The molecule has 0 saturated carbocycles. The summed E-state index contributed by atoms with van der Waals surface area (Å²) >= 11 is 0. The van der Waals surface area contributed by atoms with Gasteiger partial charge in [0.15, 0.2) is 5.43 Å². The Bertz CT molecular complexity index is 1070. The second-order valence-electron chi connectivity index (χ2n) is 6.55. The van der Waals surface area contributed by atoms with Crippen LogP contribution in [0.25, 0.3) is 22.3 Å². The van der Waals surface area contributed by atoms with E-state index in [0.29, 0.717) is 40.2 Å². The highest BCUT2D eigenvalue weighted by molar-refractivity contribution is 5.85. The molecule has 0 unspecified atom stereocenters. The molecule has 1 aromatic heterocycles. The third-order valence-electron chi connectivity index (χ3n) is 4.38. The van der Waals surface area contributed by atoms with Crippen molar-refractivity contribution >= 4 is 29.1 Å². The summed E-state index contributed by atoms with van der Waals surface area (Å²) in [5.41, 5.74) is 2.15. The van der Waals surface area contributed by atoms with Crippen LogP contribution < -0.4 is 10.2 Å². The molecule has 2 aromatic carbocycles. The second kappa shape index (κ2) is 8.41. The Hall–Kier alpha value is -2.90. The van der Waals surface area contributed by atoms with Crippen LogP contribution in [0.5, 0.6) is 5.75 Å². The number of methoxy groups -OCH3 is 1. The monoisotopic (exact) mass is 404 g/mol. The Labute approximate surface area is 168 Å². The molecule has 0 bridgehead atoms. The van der Waals surface area contributed by atoms with Gasteiger partial charge in [0.25, 0.3) is 5.69 Å². The number of benzene rings is 2. The summed E-state index contributed by atoms with van der Waals surface area (Å²) in [5.74, 6) is 1.04. The zero-order valence-electron chi connectivity index (χ0n) is 16.0. The first-order valence-electron chi connectivity index (χ1n) is 8.36. The molecule has 0 radical (unpaired) electrons. The highest BCUT2D eigenvalue weighted by Crippen LogP contribution is 2.32. The van der Waals surface area contributed by atoms with Crippen molar-refractivity contribution in [3.8, 4) is 17.1 Å². The van der Waals surface area contributed by atoms with Gasteiger partial charge in [-0.3, -0.25) is 14.9 Å². The van der Waals surface area contributed by atoms with Crippen LogP contribution in [-0.2, 0) is 6.54 Å². The lowest BCUT2D eigenvalue weighted by molar-refractivity contribution is -0.384. The Morgan fingerprint density at radius 1 is 1.14 bits per heavy atom. The lowest BCUT2D eigenvalue weighted by atomic mass is 10.0. The second-order valence-corrected chi connectivity index (χ2v) is 6.55. The zero-order chi connectivity index (χ0) is 19.7. The highest BCUT2D eigenvalue weighted by Gasteiger charge is 2.19. The molecule has 28 heavy (non-hydrogen) atoms. The van der Waals surface area contributed by atoms with Gasteiger partial charge in [0, 0.05) is 29.8 Å². The van der Waals surface area contributed by atoms with Crippen molar-refractivity contribution in [2.24, 2.45) is 0 Å². The average Bonchev–Trinajstić information content (AvgIpc) is 2.64. The fourth-order valence-corrected chi connectivity index (χ4v) is 3.06. The van der Waals surface area contributed by atoms with E-state index in [4.69, 9.17) is 9.15 Å². The molecule has 1 heterocycles. The van der Waals surface area contributed by atoms with Crippen molar-refractivity contribution in [3.63, 3.8) is 0 Å². The summed E-state index contributed by atoms with van der Waals surface area (Å²) < 4.78 is 11.6. The molecule has 3 rings (SSSR count). The summed E-state index contributed by atoms with van der Waals surface area (Å²) in [4.78, 5) is 25.3. The third kappa shape index (κ3) is 3.85. The molecule has 0 aliphatic rings. The fraction of sp³-hybridized carbons (Fsp3) is 0.250. The van der Waals surface area contributed by atoms with Crippen molar-refractivity contribution < 1.29 is 14.1 Å². The predicted octanol–water partition coefficient (Wildman–Crippen LogP) is 4.17.